The number of pyridine rings is 1. The van der Waals surface area contributed by atoms with E-state index >= 15 is 0 Å². The number of nitrogens with zero attached hydrogens (tertiary/aromatic N) is 3. The summed E-state index contributed by atoms with van der Waals surface area (Å²) in [5.74, 6) is 0.00972. The van der Waals surface area contributed by atoms with Gasteiger partial charge in [-0.05, 0) is 42.0 Å². The van der Waals surface area contributed by atoms with E-state index in [1.54, 1.807) is 12.3 Å². The molecule has 104 valence electrons. The zero-order valence-corrected chi connectivity index (χ0v) is 12.6. The molecule has 0 aliphatic carbocycles. The number of likely N-dealkylation sites (N-methyl/N-ethyl adjacent to an activating group) is 1. The highest BCUT2D eigenvalue weighted by molar-refractivity contribution is 9.10. The molecule has 1 amide bonds. The van der Waals surface area contributed by atoms with Crippen molar-refractivity contribution in [3.05, 3.63) is 33.2 Å². The maximum atomic E-state index is 12.2. The van der Waals surface area contributed by atoms with Crippen LogP contribution in [-0.4, -0.2) is 53.5 Å². The second-order valence-corrected chi connectivity index (χ2v) is 5.77. The van der Waals surface area contributed by atoms with Gasteiger partial charge in [0.05, 0.1) is 0 Å². The van der Waals surface area contributed by atoms with Crippen LogP contribution in [0.1, 0.15) is 6.42 Å². The quantitative estimate of drug-likeness (QED) is 0.806. The largest absolute Gasteiger partial charge is 0.340 e. The molecule has 1 aliphatic heterocycles. The molecule has 0 radical (unpaired) electrons. The van der Waals surface area contributed by atoms with Crippen LogP contribution in [0.3, 0.4) is 0 Å². The molecular weight excluding hydrogens is 310 g/mol. The van der Waals surface area contributed by atoms with Crippen molar-refractivity contribution in [2.75, 3.05) is 33.2 Å². The van der Waals surface area contributed by atoms with Crippen LogP contribution >= 0.6 is 15.9 Å². The van der Waals surface area contributed by atoms with E-state index in [-0.39, 0.29) is 18.0 Å². The van der Waals surface area contributed by atoms with Crippen molar-refractivity contribution in [2.45, 2.75) is 13.0 Å². The highest BCUT2D eigenvalue weighted by Crippen LogP contribution is 2.06. The summed E-state index contributed by atoms with van der Waals surface area (Å²) in [6.07, 6.45) is 2.64. The number of hydrogen-bond acceptors (Lipinski definition) is 3. The second kappa shape index (κ2) is 6.34. The average molecular weight is 328 g/mol. The maximum Gasteiger partial charge on any atom is 0.251 e. The van der Waals surface area contributed by atoms with Crippen molar-refractivity contribution >= 4 is 21.8 Å². The van der Waals surface area contributed by atoms with Crippen molar-refractivity contribution in [1.82, 2.24) is 14.4 Å². The standard InChI is InChI=1S/C13H18BrN3O2/c1-15-5-2-6-16(8-7-15)13(19)10-17-9-11(14)3-4-12(17)18/h3-4,9H,2,5-8,10H2,1H3. The molecule has 0 N–H and O–H groups in total. The number of amides is 1. The number of carbonyl (C=O) groups excluding carboxylic acids is 1. The lowest BCUT2D eigenvalue weighted by atomic mass is 10.3. The van der Waals surface area contributed by atoms with Gasteiger partial charge in [0.2, 0.25) is 5.91 Å². The minimum atomic E-state index is -0.150. The van der Waals surface area contributed by atoms with E-state index in [1.807, 2.05) is 4.90 Å². The summed E-state index contributed by atoms with van der Waals surface area (Å²) < 4.78 is 2.25. The Morgan fingerprint density at radius 3 is 2.84 bits per heavy atom. The minimum Gasteiger partial charge on any atom is -0.340 e. The van der Waals surface area contributed by atoms with Crippen LogP contribution < -0.4 is 5.56 Å². The summed E-state index contributed by atoms with van der Waals surface area (Å²) in [6, 6.07) is 3.15. The first kappa shape index (κ1) is 14.3. The molecule has 0 atom stereocenters. The lowest BCUT2D eigenvalue weighted by molar-refractivity contribution is -0.131. The fraction of sp³-hybridized carbons (Fsp3) is 0.538. The molecule has 6 heteroatoms. The molecule has 0 bridgehead atoms. The number of halogens is 1. The van der Waals surface area contributed by atoms with E-state index < -0.39 is 0 Å². The summed E-state index contributed by atoms with van der Waals surface area (Å²) in [5.41, 5.74) is -0.150. The van der Waals surface area contributed by atoms with Gasteiger partial charge in [-0.3, -0.25) is 9.59 Å². The summed E-state index contributed by atoms with van der Waals surface area (Å²) in [4.78, 5) is 28.0. The van der Waals surface area contributed by atoms with Crippen LogP contribution in [0, 0.1) is 0 Å². The summed E-state index contributed by atoms with van der Waals surface area (Å²) in [7, 11) is 2.06. The van der Waals surface area contributed by atoms with Gasteiger partial charge in [-0.1, -0.05) is 0 Å². The van der Waals surface area contributed by atoms with Crippen LogP contribution in [0.25, 0.3) is 0 Å². The van der Waals surface area contributed by atoms with Gasteiger partial charge < -0.3 is 14.4 Å². The molecule has 5 nitrogen and oxygen atoms in total. The number of rotatable bonds is 2. The maximum absolute atomic E-state index is 12.2. The first-order valence-corrected chi connectivity index (χ1v) is 7.18. The summed E-state index contributed by atoms with van der Waals surface area (Å²) >= 11 is 3.31. The van der Waals surface area contributed by atoms with Crippen molar-refractivity contribution in [3.63, 3.8) is 0 Å². The zero-order chi connectivity index (χ0) is 13.8. The number of carbonyl (C=O) groups is 1. The van der Waals surface area contributed by atoms with E-state index in [1.165, 1.54) is 10.6 Å². The van der Waals surface area contributed by atoms with Gasteiger partial charge in [0, 0.05) is 36.4 Å². The Bertz CT molecular complexity index is 515. The molecular formula is C13H18BrN3O2. The predicted molar refractivity (Wildman–Crippen MR) is 77.1 cm³/mol. The van der Waals surface area contributed by atoms with Crippen LogP contribution in [0.15, 0.2) is 27.6 Å². The Morgan fingerprint density at radius 2 is 2.05 bits per heavy atom. The Labute approximate surface area is 120 Å². The van der Waals surface area contributed by atoms with Gasteiger partial charge in [0.1, 0.15) is 6.54 Å². The van der Waals surface area contributed by atoms with E-state index in [4.69, 9.17) is 0 Å². The second-order valence-electron chi connectivity index (χ2n) is 4.85. The van der Waals surface area contributed by atoms with Gasteiger partial charge in [0.15, 0.2) is 0 Å². The Hall–Kier alpha value is -1.14. The lowest BCUT2D eigenvalue weighted by Crippen LogP contribution is -2.38. The van der Waals surface area contributed by atoms with E-state index in [9.17, 15) is 9.59 Å². The summed E-state index contributed by atoms with van der Waals surface area (Å²) in [6.45, 7) is 3.52. The zero-order valence-electron chi connectivity index (χ0n) is 11.0. The molecule has 0 unspecified atom stereocenters. The lowest BCUT2D eigenvalue weighted by Gasteiger charge is -2.21. The SMILES string of the molecule is CN1CCCN(C(=O)Cn2cc(Br)ccc2=O)CC1. The molecule has 1 aliphatic rings. The Kier molecular flexibility index (Phi) is 4.76. The highest BCUT2D eigenvalue weighted by Gasteiger charge is 2.17. The van der Waals surface area contributed by atoms with Crippen LogP contribution in [0.5, 0.6) is 0 Å². The van der Waals surface area contributed by atoms with Crippen LogP contribution in [-0.2, 0) is 11.3 Å². The van der Waals surface area contributed by atoms with Crippen molar-refractivity contribution in [1.29, 1.82) is 0 Å². The van der Waals surface area contributed by atoms with E-state index in [0.29, 0.717) is 0 Å². The van der Waals surface area contributed by atoms with E-state index in [0.717, 1.165) is 37.1 Å². The molecule has 2 rings (SSSR count). The molecule has 1 aromatic heterocycles. The minimum absolute atomic E-state index is 0.00972. The number of aromatic nitrogens is 1. The molecule has 1 saturated heterocycles. The first-order valence-electron chi connectivity index (χ1n) is 6.38. The molecule has 0 saturated carbocycles. The third-order valence-corrected chi connectivity index (χ3v) is 3.79. The Balaban J connectivity index is 2.04. The normalized spacial score (nSPS) is 17.3. The molecule has 1 aromatic rings. The Morgan fingerprint density at radius 1 is 1.26 bits per heavy atom. The highest BCUT2D eigenvalue weighted by atomic mass is 79.9. The van der Waals surface area contributed by atoms with Gasteiger partial charge in [-0.25, -0.2) is 0 Å². The first-order chi connectivity index (χ1) is 9.06. The van der Waals surface area contributed by atoms with Gasteiger partial charge >= 0.3 is 0 Å². The fourth-order valence-electron chi connectivity index (χ4n) is 2.17. The average Bonchev–Trinajstić information content (AvgIpc) is 2.59. The monoisotopic (exact) mass is 327 g/mol. The van der Waals surface area contributed by atoms with Crippen molar-refractivity contribution < 1.29 is 4.79 Å². The predicted octanol–water partition coefficient (Wildman–Crippen LogP) is 0.775. The number of hydrogen-bond donors (Lipinski definition) is 0. The topological polar surface area (TPSA) is 45.5 Å². The smallest absolute Gasteiger partial charge is 0.251 e. The third-order valence-electron chi connectivity index (χ3n) is 3.33. The van der Waals surface area contributed by atoms with Crippen LogP contribution in [0.2, 0.25) is 0 Å². The third kappa shape index (κ3) is 3.91. The van der Waals surface area contributed by atoms with Crippen LogP contribution in [0.4, 0.5) is 0 Å². The molecule has 0 aromatic carbocycles. The molecule has 0 spiro atoms. The fourth-order valence-corrected chi connectivity index (χ4v) is 2.55. The van der Waals surface area contributed by atoms with Crippen molar-refractivity contribution in [2.24, 2.45) is 0 Å². The molecule has 2 heterocycles. The van der Waals surface area contributed by atoms with Gasteiger partial charge in [-0.2, -0.15) is 0 Å². The molecule has 1 fully saturated rings. The van der Waals surface area contributed by atoms with Gasteiger partial charge in [0.25, 0.3) is 5.56 Å². The van der Waals surface area contributed by atoms with Crippen molar-refractivity contribution in [3.8, 4) is 0 Å². The van der Waals surface area contributed by atoms with E-state index in [2.05, 4.69) is 27.9 Å². The summed E-state index contributed by atoms with van der Waals surface area (Å²) in [5, 5.41) is 0. The molecule has 19 heavy (non-hydrogen) atoms. The van der Waals surface area contributed by atoms with Gasteiger partial charge in [-0.15, -0.1) is 0 Å².